The van der Waals surface area contributed by atoms with E-state index in [0.717, 1.165) is 83.2 Å². The highest BCUT2D eigenvalue weighted by atomic mass is 16.6. The van der Waals surface area contributed by atoms with Crippen molar-refractivity contribution in [2.75, 3.05) is 26.8 Å². The Morgan fingerprint density at radius 2 is 1.63 bits per heavy atom. The summed E-state index contributed by atoms with van der Waals surface area (Å²) in [6, 6.07) is -0.0252. The molecule has 5 unspecified atom stereocenters. The number of oxime groups is 1. The molecule has 2 saturated heterocycles. The molecular formula is C45H85N3O4. The molecule has 0 aromatic rings. The molecule has 3 rings (SSSR count). The molecule has 0 aromatic carbocycles. The van der Waals surface area contributed by atoms with Crippen LogP contribution in [-0.4, -0.2) is 68.1 Å². The minimum atomic E-state index is -0.291. The van der Waals surface area contributed by atoms with Crippen molar-refractivity contribution < 1.29 is 19.4 Å². The molecule has 3 fully saturated rings. The maximum Gasteiger partial charge on any atom is 0.139 e. The normalized spacial score (nSPS) is 39.7. The van der Waals surface area contributed by atoms with Crippen LogP contribution in [0, 0.1) is 57.7 Å². The first-order chi connectivity index (χ1) is 24.3. The van der Waals surface area contributed by atoms with Crippen molar-refractivity contribution in [2.45, 2.75) is 185 Å². The Balaban J connectivity index is 0.000000745. The fraction of sp³-hybridized carbons (Fsp3) is 0.889. The van der Waals surface area contributed by atoms with Gasteiger partial charge >= 0.3 is 0 Å². The lowest BCUT2D eigenvalue weighted by molar-refractivity contribution is -0.135. The van der Waals surface area contributed by atoms with Crippen molar-refractivity contribution >= 4 is 5.71 Å². The van der Waals surface area contributed by atoms with Crippen LogP contribution in [0.3, 0.4) is 0 Å². The fourth-order valence-corrected chi connectivity index (χ4v) is 9.14. The van der Waals surface area contributed by atoms with Crippen LogP contribution >= 0.6 is 0 Å². The van der Waals surface area contributed by atoms with Gasteiger partial charge in [-0.1, -0.05) is 106 Å². The van der Waals surface area contributed by atoms with Gasteiger partial charge in [-0.15, -0.1) is 11.8 Å². The van der Waals surface area contributed by atoms with Crippen LogP contribution in [0.1, 0.15) is 155 Å². The molecule has 3 aliphatic rings. The third-order valence-electron chi connectivity index (χ3n) is 13.7. The monoisotopic (exact) mass is 732 g/mol. The average Bonchev–Trinajstić information content (AvgIpc) is 3.12. The van der Waals surface area contributed by atoms with Gasteiger partial charge in [0.2, 0.25) is 0 Å². The Morgan fingerprint density at radius 3 is 2.12 bits per heavy atom. The van der Waals surface area contributed by atoms with Gasteiger partial charge in [-0.25, -0.2) is 0 Å². The van der Waals surface area contributed by atoms with Crippen LogP contribution in [0.25, 0.3) is 0 Å². The minimum absolute atomic E-state index is 0.00806. The quantitative estimate of drug-likeness (QED) is 0.143. The van der Waals surface area contributed by atoms with Crippen molar-refractivity contribution in [3.63, 3.8) is 0 Å². The van der Waals surface area contributed by atoms with E-state index in [1.54, 1.807) is 0 Å². The van der Waals surface area contributed by atoms with E-state index in [2.05, 4.69) is 99.9 Å². The predicted octanol–water partition coefficient (Wildman–Crippen LogP) is 9.81. The second-order valence-corrected chi connectivity index (χ2v) is 17.9. The van der Waals surface area contributed by atoms with Crippen LogP contribution in [0.15, 0.2) is 17.3 Å². The molecule has 2 heterocycles. The highest BCUT2D eigenvalue weighted by Crippen LogP contribution is 2.45. The summed E-state index contributed by atoms with van der Waals surface area (Å²) in [6.07, 6.45) is 9.61. The number of nitrogens with one attached hydrogen (secondary N) is 1. The molecule has 2 aliphatic heterocycles. The zero-order valence-electron chi connectivity index (χ0n) is 36.7. The lowest BCUT2D eigenvalue weighted by atomic mass is 9.62. The predicted molar refractivity (Wildman–Crippen MR) is 222 cm³/mol. The highest BCUT2D eigenvalue weighted by molar-refractivity contribution is 5.88. The van der Waals surface area contributed by atoms with Gasteiger partial charge in [-0.2, -0.15) is 0 Å². The van der Waals surface area contributed by atoms with Gasteiger partial charge in [0.15, 0.2) is 0 Å². The minimum Gasteiger partial charge on any atom is -0.391 e. The van der Waals surface area contributed by atoms with E-state index in [-0.39, 0.29) is 52.6 Å². The van der Waals surface area contributed by atoms with Crippen molar-refractivity contribution in [2.24, 2.45) is 56.7 Å². The zero-order chi connectivity index (χ0) is 39.9. The molecule has 7 nitrogen and oxygen atoms in total. The first kappa shape index (κ1) is 48.6. The first-order valence-electron chi connectivity index (χ1n) is 20.9. The van der Waals surface area contributed by atoms with E-state index in [9.17, 15) is 5.11 Å². The van der Waals surface area contributed by atoms with Crippen LogP contribution < -0.4 is 11.1 Å². The number of aliphatic hydroxyl groups excluding tert-OH is 1. The third-order valence-corrected chi connectivity index (χ3v) is 13.7. The van der Waals surface area contributed by atoms with Crippen molar-refractivity contribution in [1.29, 1.82) is 0 Å². The molecule has 1 saturated carbocycles. The Bertz CT molecular complexity index is 1120. The molecule has 0 bridgehead atoms. The Hall–Kier alpha value is -1.43. The molecule has 0 spiro atoms. The zero-order valence-corrected chi connectivity index (χ0v) is 36.7. The maximum absolute atomic E-state index is 9.77. The number of hydrogen-bond acceptors (Lipinski definition) is 7. The van der Waals surface area contributed by atoms with Gasteiger partial charge in [-0.05, 0) is 106 Å². The summed E-state index contributed by atoms with van der Waals surface area (Å²) in [6.45, 7) is 38.3. The van der Waals surface area contributed by atoms with E-state index in [0.29, 0.717) is 23.7 Å². The number of aliphatic hydroxyl groups is 1. The number of rotatable bonds is 6. The Morgan fingerprint density at radius 1 is 1.00 bits per heavy atom. The van der Waals surface area contributed by atoms with Crippen LogP contribution in [0.4, 0.5) is 0 Å². The number of ether oxygens (including phenoxy) is 2. The van der Waals surface area contributed by atoms with Gasteiger partial charge in [0.05, 0.1) is 24.0 Å². The van der Waals surface area contributed by atoms with Gasteiger partial charge in [0.25, 0.3) is 0 Å². The van der Waals surface area contributed by atoms with E-state index in [1.807, 2.05) is 27.9 Å². The average molecular weight is 732 g/mol. The first-order valence-corrected chi connectivity index (χ1v) is 20.9. The molecule has 304 valence electrons. The number of methoxy groups -OCH3 is 1. The molecule has 7 heteroatoms. The van der Waals surface area contributed by atoms with Gasteiger partial charge in [0, 0.05) is 38.1 Å². The van der Waals surface area contributed by atoms with Crippen molar-refractivity contribution in [3.05, 3.63) is 12.2 Å². The topological polar surface area (TPSA) is 98.3 Å². The van der Waals surface area contributed by atoms with Crippen molar-refractivity contribution in [1.82, 2.24) is 5.32 Å². The summed E-state index contributed by atoms with van der Waals surface area (Å²) in [5.74, 6) is 6.98. The van der Waals surface area contributed by atoms with E-state index < -0.39 is 0 Å². The highest BCUT2D eigenvalue weighted by Gasteiger charge is 2.43. The lowest BCUT2D eigenvalue weighted by Crippen LogP contribution is -2.50. The van der Waals surface area contributed by atoms with E-state index in [1.165, 1.54) is 5.57 Å². The second kappa shape index (κ2) is 22.8. The Labute approximate surface area is 322 Å². The fourth-order valence-electron chi connectivity index (χ4n) is 9.14. The summed E-state index contributed by atoms with van der Waals surface area (Å²) in [4.78, 5) is 6.23. The van der Waals surface area contributed by atoms with E-state index >= 15 is 0 Å². The van der Waals surface area contributed by atoms with Crippen LogP contribution in [0.5, 0.6) is 0 Å². The second-order valence-electron chi connectivity index (χ2n) is 17.9. The third kappa shape index (κ3) is 13.7. The number of nitrogens with zero attached hydrogens (tertiary/aromatic N) is 1. The summed E-state index contributed by atoms with van der Waals surface area (Å²) in [5.41, 5.74) is 9.81. The molecule has 0 radical (unpaired) electrons. The largest absolute Gasteiger partial charge is 0.391 e. The van der Waals surface area contributed by atoms with Crippen LogP contribution in [-0.2, 0) is 14.3 Å². The number of piperidine rings is 1. The van der Waals surface area contributed by atoms with Gasteiger partial charge < -0.3 is 30.5 Å². The lowest BCUT2D eigenvalue weighted by Gasteiger charge is -2.45. The number of nitrogens with two attached hydrogens (primary N) is 1. The molecule has 1 aliphatic carbocycles. The summed E-state index contributed by atoms with van der Waals surface area (Å²) in [5, 5.41) is 18.2. The summed E-state index contributed by atoms with van der Waals surface area (Å²) in [7, 11) is 1.88. The SMILES string of the molecule is C=C1C[C@H](CC)C(C)(C)C(N)C(C)/C(=N/OC2CCCNC2)[C@H](C)C[C@@](C)(CC)C[C@@H](C)[C@H](OC)C1C.CC#CC.CC[C@]1(C)CCOC(C)[C@@H]1O. The van der Waals surface area contributed by atoms with Crippen LogP contribution in [0.2, 0.25) is 0 Å². The van der Waals surface area contributed by atoms with Gasteiger partial charge in [0.1, 0.15) is 6.10 Å². The molecule has 0 aromatic heterocycles. The van der Waals surface area contributed by atoms with Gasteiger partial charge in [-0.3, -0.25) is 0 Å². The molecule has 0 amide bonds. The molecule has 12 atom stereocenters. The van der Waals surface area contributed by atoms with Crippen molar-refractivity contribution in [3.8, 4) is 11.8 Å². The maximum atomic E-state index is 9.77. The van der Waals surface area contributed by atoms with E-state index in [4.69, 9.17) is 25.2 Å². The standard InChI is InChI=1S/C32H61N3O2.C9H18O2.C4H6/c1-12-26-17-21(3)24(6)29(36-11)23(5)19-32(10,13-2)18-22(4)28(25(7)30(33)31(26,8)9)35-37-27-15-14-16-34-20-27;1-4-9(3)5-6-11-7(2)8(9)10;1-3-4-2/h22-27,29-30,34H,3,12-20,33H2,1-2,4-11H3;7-8,10H,4-6H2,1-3H3;1-2H3/b35-28+;;/t22-,23-,24?,25?,26+,27?,29+,30?,32-;7?,8-,9+;/m10./s1. The summed E-state index contributed by atoms with van der Waals surface area (Å²) < 4.78 is 11.5. The molecular weight excluding hydrogens is 647 g/mol. The molecule has 52 heavy (non-hydrogen) atoms. The molecule has 4 N–H and O–H groups in total. The Kier molecular flexibility index (Phi) is 21.3. The smallest absolute Gasteiger partial charge is 0.139 e. The summed E-state index contributed by atoms with van der Waals surface area (Å²) >= 11 is 0. The number of hydrogen-bond donors (Lipinski definition) is 3.